The molecule has 0 amide bonds. The summed E-state index contributed by atoms with van der Waals surface area (Å²) >= 11 is 3.53. The Balaban J connectivity index is 2.16. The lowest BCUT2D eigenvalue weighted by Gasteiger charge is -2.23. The molecule has 0 atom stereocenters. The van der Waals surface area contributed by atoms with E-state index in [1.54, 1.807) is 0 Å². The molecule has 0 aromatic carbocycles. The van der Waals surface area contributed by atoms with E-state index in [4.69, 9.17) is 0 Å². The molecular weight excluding hydrogens is 266 g/mol. The number of rotatable bonds is 2. The van der Waals surface area contributed by atoms with Gasteiger partial charge in [0.05, 0.1) is 0 Å². The van der Waals surface area contributed by atoms with Crippen molar-refractivity contribution >= 4 is 21.7 Å². The summed E-state index contributed by atoms with van der Waals surface area (Å²) in [5, 5.41) is 0.877. The predicted molar refractivity (Wildman–Crippen MR) is 71.2 cm³/mol. The molecule has 1 aromatic rings. The largest absolute Gasteiger partial charge is 0.355 e. The summed E-state index contributed by atoms with van der Waals surface area (Å²) in [6.45, 7) is 4.50. The molecule has 1 aliphatic heterocycles. The Kier molecular flexibility index (Phi) is 4.18. The van der Waals surface area contributed by atoms with Crippen LogP contribution in [0, 0.1) is 0 Å². The maximum atomic E-state index is 4.52. The monoisotopic (exact) mass is 283 g/mol. The van der Waals surface area contributed by atoms with Crippen molar-refractivity contribution in [3.8, 4) is 0 Å². The summed E-state index contributed by atoms with van der Waals surface area (Å²) in [6, 6.07) is 4.15. The third kappa shape index (κ3) is 2.74. The van der Waals surface area contributed by atoms with Crippen LogP contribution < -0.4 is 4.90 Å². The van der Waals surface area contributed by atoms with E-state index in [9.17, 15) is 0 Å². The number of hydrogen-bond donors (Lipinski definition) is 0. The molecule has 3 nitrogen and oxygen atoms in total. The fourth-order valence-electron chi connectivity index (χ4n) is 2.08. The topological polar surface area (TPSA) is 19.4 Å². The number of alkyl halides is 1. The zero-order valence-electron chi connectivity index (χ0n) is 9.69. The molecular formula is C12H18BrN3. The minimum Gasteiger partial charge on any atom is -0.355 e. The molecule has 0 bridgehead atoms. The molecule has 1 fully saturated rings. The van der Waals surface area contributed by atoms with Crippen LogP contribution in [0.3, 0.4) is 0 Å². The van der Waals surface area contributed by atoms with Gasteiger partial charge in [0, 0.05) is 36.7 Å². The van der Waals surface area contributed by atoms with Crippen LogP contribution in [0.5, 0.6) is 0 Å². The fraction of sp³-hybridized carbons (Fsp3) is 0.583. The van der Waals surface area contributed by atoms with Crippen molar-refractivity contribution in [2.75, 3.05) is 38.1 Å². The molecule has 1 aliphatic rings. The molecule has 0 unspecified atom stereocenters. The first-order valence-corrected chi connectivity index (χ1v) is 6.87. The molecule has 0 saturated carbocycles. The van der Waals surface area contributed by atoms with Crippen LogP contribution in [-0.4, -0.2) is 43.1 Å². The van der Waals surface area contributed by atoms with Gasteiger partial charge in [0.2, 0.25) is 0 Å². The smallest absolute Gasteiger partial charge is 0.132 e. The second-order valence-electron chi connectivity index (χ2n) is 4.26. The number of pyridine rings is 1. The number of anilines is 1. The zero-order valence-corrected chi connectivity index (χ0v) is 11.3. The summed E-state index contributed by atoms with van der Waals surface area (Å²) in [4.78, 5) is 9.31. The van der Waals surface area contributed by atoms with E-state index in [1.165, 1.54) is 18.5 Å². The van der Waals surface area contributed by atoms with Crippen molar-refractivity contribution < 1.29 is 0 Å². The summed E-state index contributed by atoms with van der Waals surface area (Å²) in [5.74, 6) is 1.15. The average Bonchev–Trinajstić information content (AvgIpc) is 2.54. The molecule has 0 aliphatic carbocycles. The van der Waals surface area contributed by atoms with Gasteiger partial charge >= 0.3 is 0 Å². The van der Waals surface area contributed by atoms with E-state index in [2.05, 4.69) is 43.8 Å². The van der Waals surface area contributed by atoms with Crippen LogP contribution in [0.1, 0.15) is 12.0 Å². The van der Waals surface area contributed by atoms with E-state index in [1.807, 2.05) is 12.3 Å². The molecule has 0 N–H and O–H groups in total. The van der Waals surface area contributed by atoms with Gasteiger partial charge in [0.25, 0.3) is 0 Å². The number of nitrogens with zero attached hydrogens (tertiary/aromatic N) is 3. The van der Waals surface area contributed by atoms with Gasteiger partial charge in [-0.1, -0.05) is 22.0 Å². The van der Waals surface area contributed by atoms with Gasteiger partial charge in [-0.15, -0.1) is 0 Å². The molecule has 16 heavy (non-hydrogen) atoms. The summed E-state index contributed by atoms with van der Waals surface area (Å²) < 4.78 is 0. The van der Waals surface area contributed by atoms with Crippen LogP contribution in [-0.2, 0) is 5.33 Å². The standard InChI is InChI=1S/C12H18BrN3/c1-15-6-3-7-16(9-8-15)12-11(10-13)4-2-5-14-12/h2,4-5H,3,6-10H2,1H3. The fourth-order valence-corrected chi connectivity index (χ4v) is 2.52. The molecule has 2 rings (SSSR count). The first-order chi connectivity index (χ1) is 7.81. The van der Waals surface area contributed by atoms with Crippen LogP contribution in [0.25, 0.3) is 0 Å². The summed E-state index contributed by atoms with van der Waals surface area (Å²) in [7, 11) is 2.19. The number of halogens is 1. The predicted octanol–water partition coefficient (Wildman–Crippen LogP) is 2.12. The number of likely N-dealkylation sites (N-methyl/N-ethyl adjacent to an activating group) is 1. The minimum atomic E-state index is 0.877. The van der Waals surface area contributed by atoms with Crippen LogP contribution in [0.2, 0.25) is 0 Å². The van der Waals surface area contributed by atoms with Crippen molar-refractivity contribution in [1.29, 1.82) is 0 Å². The molecule has 88 valence electrons. The molecule has 2 heterocycles. The maximum absolute atomic E-state index is 4.52. The zero-order chi connectivity index (χ0) is 11.4. The van der Waals surface area contributed by atoms with E-state index in [-0.39, 0.29) is 0 Å². The lowest BCUT2D eigenvalue weighted by Crippen LogP contribution is -2.30. The van der Waals surface area contributed by atoms with Gasteiger partial charge in [-0.3, -0.25) is 0 Å². The van der Waals surface area contributed by atoms with Crippen molar-refractivity contribution in [1.82, 2.24) is 9.88 Å². The van der Waals surface area contributed by atoms with Crippen molar-refractivity contribution in [3.63, 3.8) is 0 Å². The Labute approximate surface area is 106 Å². The first-order valence-electron chi connectivity index (χ1n) is 5.74. The quantitative estimate of drug-likeness (QED) is 0.775. The second kappa shape index (κ2) is 5.64. The Morgan fingerprint density at radius 3 is 3.00 bits per heavy atom. The Morgan fingerprint density at radius 2 is 2.19 bits per heavy atom. The SMILES string of the molecule is CN1CCCN(c2ncccc2CBr)CC1. The minimum absolute atomic E-state index is 0.877. The van der Waals surface area contributed by atoms with Crippen molar-refractivity contribution in [3.05, 3.63) is 23.9 Å². The van der Waals surface area contributed by atoms with Gasteiger partial charge in [-0.2, -0.15) is 0 Å². The summed E-state index contributed by atoms with van der Waals surface area (Å²) in [6.07, 6.45) is 3.10. The second-order valence-corrected chi connectivity index (χ2v) is 4.82. The van der Waals surface area contributed by atoms with Gasteiger partial charge in [0.15, 0.2) is 0 Å². The highest BCUT2D eigenvalue weighted by atomic mass is 79.9. The Morgan fingerprint density at radius 1 is 1.31 bits per heavy atom. The highest BCUT2D eigenvalue weighted by Gasteiger charge is 2.15. The van der Waals surface area contributed by atoms with E-state index in [0.29, 0.717) is 0 Å². The Bertz CT molecular complexity index is 343. The van der Waals surface area contributed by atoms with Crippen molar-refractivity contribution in [2.24, 2.45) is 0 Å². The summed E-state index contributed by atoms with van der Waals surface area (Å²) in [5.41, 5.74) is 1.28. The van der Waals surface area contributed by atoms with E-state index in [0.717, 1.165) is 30.8 Å². The molecule has 1 saturated heterocycles. The van der Waals surface area contributed by atoms with Crippen LogP contribution in [0.15, 0.2) is 18.3 Å². The van der Waals surface area contributed by atoms with E-state index >= 15 is 0 Å². The lowest BCUT2D eigenvalue weighted by atomic mass is 10.2. The highest BCUT2D eigenvalue weighted by molar-refractivity contribution is 9.08. The van der Waals surface area contributed by atoms with Crippen molar-refractivity contribution in [2.45, 2.75) is 11.8 Å². The molecule has 1 aromatic heterocycles. The normalized spacial score (nSPS) is 18.5. The molecule has 0 spiro atoms. The van der Waals surface area contributed by atoms with Gasteiger partial charge in [-0.05, 0) is 26.1 Å². The molecule has 4 heteroatoms. The third-order valence-electron chi connectivity index (χ3n) is 3.03. The van der Waals surface area contributed by atoms with Crippen LogP contribution >= 0.6 is 15.9 Å². The third-order valence-corrected chi connectivity index (χ3v) is 3.63. The Hall–Kier alpha value is -0.610. The first kappa shape index (κ1) is 11.9. The number of aromatic nitrogens is 1. The highest BCUT2D eigenvalue weighted by Crippen LogP contribution is 2.20. The van der Waals surface area contributed by atoms with Crippen LogP contribution in [0.4, 0.5) is 5.82 Å². The molecule has 0 radical (unpaired) electrons. The van der Waals surface area contributed by atoms with Gasteiger partial charge in [-0.25, -0.2) is 4.98 Å². The maximum Gasteiger partial charge on any atom is 0.132 e. The van der Waals surface area contributed by atoms with Gasteiger partial charge in [0.1, 0.15) is 5.82 Å². The van der Waals surface area contributed by atoms with Gasteiger partial charge < -0.3 is 9.80 Å². The number of hydrogen-bond acceptors (Lipinski definition) is 3. The average molecular weight is 284 g/mol. The lowest BCUT2D eigenvalue weighted by molar-refractivity contribution is 0.360. The van der Waals surface area contributed by atoms with E-state index < -0.39 is 0 Å².